The number of rotatable bonds is 6. The topological polar surface area (TPSA) is 61.3 Å². The first-order valence-electron chi connectivity index (χ1n) is 7.27. The number of thioether (sulfide) groups is 1. The zero-order chi connectivity index (χ0) is 16.8. The maximum Gasteiger partial charge on any atom is 0.311 e. The lowest BCUT2D eigenvalue weighted by Gasteiger charge is -2.11. The van der Waals surface area contributed by atoms with Crippen LogP contribution in [0.3, 0.4) is 0 Å². The van der Waals surface area contributed by atoms with Crippen molar-refractivity contribution >= 4 is 17.7 Å². The van der Waals surface area contributed by atoms with Crippen molar-refractivity contribution < 1.29 is 14.3 Å². The summed E-state index contributed by atoms with van der Waals surface area (Å²) in [6.07, 6.45) is 2.76. The Bertz CT molecular complexity index is 681. The summed E-state index contributed by atoms with van der Waals surface area (Å²) >= 11 is 1.51. The van der Waals surface area contributed by atoms with Gasteiger partial charge in [-0.25, -0.2) is 9.97 Å². The van der Waals surface area contributed by atoms with Crippen molar-refractivity contribution in [2.75, 3.05) is 13.4 Å². The van der Waals surface area contributed by atoms with Crippen molar-refractivity contribution in [1.82, 2.24) is 9.97 Å². The van der Waals surface area contributed by atoms with E-state index in [4.69, 9.17) is 9.47 Å². The van der Waals surface area contributed by atoms with Crippen LogP contribution in [0.25, 0.3) is 0 Å². The van der Waals surface area contributed by atoms with Crippen LogP contribution in [-0.2, 0) is 11.2 Å². The van der Waals surface area contributed by atoms with E-state index in [0.717, 1.165) is 22.1 Å². The summed E-state index contributed by atoms with van der Waals surface area (Å²) in [5.41, 5.74) is 2.82. The molecule has 6 heteroatoms. The Morgan fingerprint density at radius 2 is 1.74 bits per heavy atom. The molecule has 0 aliphatic rings. The van der Waals surface area contributed by atoms with Gasteiger partial charge in [0.05, 0.1) is 13.5 Å². The van der Waals surface area contributed by atoms with Crippen LogP contribution in [0.4, 0.5) is 0 Å². The molecule has 0 saturated carbocycles. The largest absolute Gasteiger partial charge is 0.493 e. The Kier molecular flexibility index (Phi) is 5.98. The third-order valence-electron chi connectivity index (χ3n) is 3.45. The summed E-state index contributed by atoms with van der Waals surface area (Å²) in [5.74, 6) is 0.672. The number of esters is 1. The van der Waals surface area contributed by atoms with Gasteiger partial charge < -0.3 is 9.47 Å². The number of benzene rings is 1. The fraction of sp³-hybridized carbons (Fsp3) is 0.353. The third kappa shape index (κ3) is 4.45. The van der Waals surface area contributed by atoms with Crippen molar-refractivity contribution in [3.05, 3.63) is 41.2 Å². The van der Waals surface area contributed by atoms with Crippen LogP contribution in [0.5, 0.6) is 11.5 Å². The van der Waals surface area contributed by atoms with E-state index in [9.17, 15) is 4.79 Å². The molecule has 0 atom stereocenters. The van der Waals surface area contributed by atoms with Crippen LogP contribution >= 0.6 is 11.8 Å². The first-order valence-corrected chi connectivity index (χ1v) is 8.49. The highest BCUT2D eigenvalue weighted by molar-refractivity contribution is 7.98. The third-order valence-corrected chi connectivity index (χ3v) is 4.00. The van der Waals surface area contributed by atoms with Crippen LogP contribution in [0.1, 0.15) is 23.4 Å². The molecule has 5 nitrogen and oxygen atoms in total. The molecule has 2 aromatic rings. The first kappa shape index (κ1) is 17.3. The molecule has 0 saturated heterocycles. The Hall–Kier alpha value is -2.08. The van der Waals surface area contributed by atoms with Gasteiger partial charge in [0.2, 0.25) is 0 Å². The zero-order valence-electron chi connectivity index (χ0n) is 13.8. The van der Waals surface area contributed by atoms with E-state index in [-0.39, 0.29) is 12.4 Å². The smallest absolute Gasteiger partial charge is 0.311 e. The van der Waals surface area contributed by atoms with Crippen molar-refractivity contribution in [3.63, 3.8) is 0 Å². The lowest BCUT2D eigenvalue weighted by atomic mass is 10.1. The average Bonchev–Trinajstić information content (AvgIpc) is 2.54. The molecule has 0 amide bonds. The normalized spacial score (nSPS) is 10.4. The molecule has 2 rings (SSSR count). The van der Waals surface area contributed by atoms with Crippen molar-refractivity contribution in [2.45, 2.75) is 31.8 Å². The number of methoxy groups -OCH3 is 1. The van der Waals surface area contributed by atoms with Crippen LogP contribution in [0, 0.1) is 13.8 Å². The summed E-state index contributed by atoms with van der Waals surface area (Å²) < 4.78 is 10.5. The minimum absolute atomic E-state index is 0.266. The van der Waals surface area contributed by atoms with Gasteiger partial charge in [-0.1, -0.05) is 23.9 Å². The van der Waals surface area contributed by atoms with Crippen molar-refractivity contribution in [3.8, 4) is 11.5 Å². The number of hydrogen-bond donors (Lipinski definition) is 0. The minimum atomic E-state index is -0.303. The molecule has 0 aliphatic carbocycles. The number of aromatic nitrogens is 2. The number of carbonyl (C=O) groups excluding carboxylic acids is 1. The van der Waals surface area contributed by atoms with Gasteiger partial charge in [0.25, 0.3) is 0 Å². The lowest BCUT2D eigenvalue weighted by Crippen LogP contribution is -2.11. The fourth-order valence-corrected chi connectivity index (χ4v) is 2.72. The van der Waals surface area contributed by atoms with E-state index in [1.807, 2.05) is 26.2 Å². The van der Waals surface area contributed by atoms with Crippen molar-refractivity contribution in [1.29, 1.82) is 0 Å². The molecule has 0 aliphatic heterocycles. The van der Waals surface area contributed by atoms with Gasteiger partial charge in [0.15, 0.2) is 16.7 Å². The highest BCUT2D eigenvalue weighted by atomic mass is 32.2. The molecular weight excluding hydrogens is 312 g/mol. The van der Waals surface area contributed by atoms with Gasteiger partial charge in [-0.05, 0) is 44.2 Å². The zero-order valence-corrected chi connectivity index (χ0v) is 14.6. The van der Waals surface area contributed by atoms with E-state index in [0.29, 0.717) is 17.9 Å². The summed E-state index contributed by atoms with van der Waals surface area (Å²) in [5, 5.41) is 0.750. The first-order chi connectivity index (χ1) is 11.0. The second-order valence-corrected chi connectivity index (χ2v) is 5.76. The van der Waals surface area contributed by atoms with E-state index in [2.05, 4.69) is 9.97 Å². The van der Waals surface area contributed by atoms with Gasteiger partial charge in [-0.2, -0.15) is 0 Å². The predicted molar refractivity (Wildman–Crippen MR) is 90.2 cm³/mol. The lowest BCUT2D eigenvalue weighted by molar-refractivity contribution is -0.134. The molecule has 1 heterocycles. The molecule has 0 unspecified atom stereocenters. The number of aryl methyl sites for hydroxylation is 2. The van der Waals surface area contributed by atoms with E-state index in [1.54, 1.807) is 25.3 Å². The van der Waals surface area contributed by atoms with Crippen LogP contribution in [0.15, 0.2) is 29.4 Å². The van der Waals surface area contributed by atoms with E-state index < -0.39 is 0 Å². The molecular formula is C17H20N2O3S. The van der Waals surface area contributed by atoms with Gasteiger partial charge in [0, 0.05) is 11.4 Å². The Balaban J connectivity index is 2.02. The Labute approximate surface area is 140 Å². The summed E-state index contributed by atoms with van der Waals surface area (Å²) in [4.78, 5) is 20.9. The van der Waals surface area contributed by atoms with Gasteiger partial charge in [-0.3, -0.25) is 4.79 Å². The number of para-hydroxylation sites is 2. The molecule has 0 N–H and O–H groups in total. The predicted octanol–water partition coefficient (Wildman–Crippen LogP) is 3.36. The molecule has 0 spiro atoms. The number of nitrogens with zero attached hydrogens (tertiary/aromatic N) is 2. The van der Waals surface area contributed by atoms with Gasteiger partial charge >= 0.3 is 5.97 Å². The second kappa shape index (κ2) is 7.97. The molecule has 122 valence electrons. The SMILES string of the molecule is COc1ccccc1OC(=O)CCc1c(C)nc(SC)nc1C. The van der Waals surface area contributed by atoms with Gasteiger partial charge in [-0.15, -0.1) is 0 Å². The van der Waals surface area contributed by atoms with Crippen molar-refractivity contribution in [2.24, 2.45) is 0 Å². The van der Waals surface area contributed by atoms with Gasteiger partial charge in [0.1, 0.15) is 0 Å². The summed E-state index contributed by atoms with van der Waals surface area (Å²) in [7, 11) is 1.55. The van der Waals surface area contributed by atoms with E-state index >= 15 is 0 Å². The molecule has 0 fully saturated rings. The fourth-order valence-electron chi connectivity index (χ4n) is 2.27. The highest BCUT2D eigenvalue weighted by Gasteiger charge is 2.13. The van der Waals surface area contributed by atoms with Crippen LogP contribution in [0.2, 0.25) is 0 Å². The van der Waals surface area contributed by atoms with Crippen LogP contribution < -0.4 is 9.47 Å². The average molecular weight is 332 g/mol. The van der Waals surface area contributed by atoms with Crippen LogP contribution in [-0.4, -0.2) is 29.3 Å². The highest BCUT2D eigenvalue weighted by Crippen LogP contribution is 2.26. The Morgan fingerprint density at radius 3 is 2.30 bits per heavy atom. The second-order valence-electron chi connectivity index (χ2n) is 4.98. The quantitative estimate of drug-likeness (QED) is 0.350. The molecule has 0 radical (unpaired) electrons. The number of hydrogen-bond acceptors (Lipinski definition) is 6. The summed E-state index contributed by atoms with van der Waals surface area (Å²) in [6, 6.07) is 7.09. The summed E-state index contributed by atoms with van der Waals surface area (Å²) in [6.45, 7) is 3.88. The standard InChI is InChI=1S/C17H20N2O3S/c1-11-13(12(2)19-17(18-11)23-4)9-10-16(20)22-15-8-6-5-7-14(15)21-3/h5-8H,9-10H2,1-4H3. The minimum Gasteiger partial charge on any atom is -0.493 e. The monoisotopic (exact) mass is 332 g/mol. The molecule has 23 heavy (non-hydrogen) atoms. The molecule has 1 aromatic carbocycles. The number of carbonyl (C=O) groups is 1. The van der Waals surface area contributed by atoms with E-state index in [1.165, 1.54) is 11.8 Å². The maximum atomic E-state index is 12.1. The number of ether oxygens (including phenoxy) is 2. The maximum absolute atomic E-state index is 12.1. The molecule has 1 aromatic heterocycles. The Morgan fingerprint density at radius 1 is 1.13 bits per heavy atom. The molecule has 0 bridgehead atoms.